The van der Waals surface area contributed by atoms with Gasteiger partial charge in [-0.15, -0.1) is 0 Å². The van der Waals surface area contributed by atoms with Gasteiger partial charge in [0.1, 0.15) is 5.75 Å². The van der Waals surface area contributed by atoms with Gasteiger partial charge in [0.15, 0.2) is 0 Å². The third-order valence-corrected chi connectivity index (χ3v) is 2.57. The Morgan fingerprint density at radius 2 is 2.00 bits per heavy atom. The van der Waals surface area contributed by atoms with Crippen molar-refractivity contribution >= 4 is 0 Å². The summed E-state index contributed by atoms with van der Waals surface area (Å²) in [5, 5.41) is 9.80. The molecule has 0 aromatic heterocycles. The average Bonchev–Trinajstić information content (AvgIpc) is 2.13. The first kappa shape index (κ1) is 10.1. The van der Waals surface area contributed by atoms with Gasteiger partial charge in [0, 0.05) is 11.6 Å². The van der Waals surface area contributed by atoms with Gasteiger partial charge in [-0.05, 0) is 31.4 Å². The molecule has 13 heavy (non-hydrogen) atoms. The van der Waals surface area contributed by atoms with E-state index in [9.17, 15) is 5.11 Å². The molecule has 3 N–H and O–H groups in total. The van der Waals surface area contributed by atoms with Crippen LogP contribution in [0, 0.1) is 13.8 Å². The average molecular weight is 179 g/mol. The van der Waals surface area contributed by atoms with Crippen molar-refractivity contribution in [2.24, 2.45) is 5.73 Å². The number of nitrogens with two attached hydrogens (primary N) is 1. The number of benzene rings is 1. The number of phenolic OH excluding ortho intramolecular Hbond substituents is 1. The number of aryl methyl sites for hydroxylation is 1. The lowest BCUT2D eigenvalue weighted by molar-refractivity contribution is 0.455. The second kappa shape index (κ2) is 3.79. The van der Waals surface area contributed by atoms with Gasteiger partial charge in [-0.3, -0.25) is 0 Å². The van der Waals surface area contributed by atoms with Gasteiger partial charge in [0.2, 0.25) is 0 Å². The summed E-state index contributed by atoms with van der Waals surface area (Å²) in [5.74, 6) is 0.356. The number of phenols is 1. The molecule has 0 heterocycles. The van der Waals surface area contributed by atoms with E-state index in [0.29, 0.717) is 5.75 Å². The van der Waals surface area contributed by atoms with Crippen molar-refractivity contribution < 1.29 is 5.11 Å². The van der Waals surface area contributed by atoms with Crippen LogP contribution in [0.5, 0.6) is 5.75 Å². The van der Waals surface area contributed by atoms with Crippen molar-refractivity contribution in [1.82, 2.24) is 0 Å². The maximum absolute atomic E-state index is 9.80. The van der Waals surface area contributed by atoms with Crippen LogP contribution in [0.1, 0.15) is 36.1 Å². The molecular formula is C11H17NO. The van der Waals surface area contributed by atoms with Crippen LogP contribution in [0.25, 0.3) is 0 Å². The Hall–Kier alpha value is -1.02. The summed E-state index contributed by atoms with van der Waals surface area (Å²) in [5.41, 5.74) is 8.74. The first-order valence-electron chi connectivity index (χ1n) is 4.62. The minimum atomic E-state index is -0.0562. The van der Waals surface area contributed by atoms with E-state index in [2.05, 4.69) is 0 Å². The third kappa shape index (κ3) is 1.83. The van der Waals surface area contributed by atoms with Crippen LogP contribution in [0.15, 0.2) is 12.1 Å². The molecule has 72 valence electrons. The Morgan fingerprint density at radius 1 is 1.38 bits per heavy atom. The summed E-state index contributed by atoms with van der Waals surface area (Å²) in [4.78, 5) is 0. The molecule has 2 nitrogen and oxygen atoms in total. The topological polar surface area (TPSA) is 46.2 Å². The molecule has 0 aliphatic carbocycles. The zero-order valence-electron chi connectivity index (χ0n) is 8.46. The zero-order valence-corrected chi connectivity index (χ0v) is 8.46. The molecule has 0 aliphatic rings. The molecule has 2 heteroatoms. The standard InChI is InChI=1S/C11H17NO/c1-4-10(12)9-6-5-7(2)8(3)11(9)13/h5-6,10,13H,4,12H2,1-3H3. The van der Waals surface area contributed by atoms with Crippen molar-refractivity contribution in [3.63, 3.8) is 0 Å². The first-order chi connectivity index (χ1) is 6.07. The van der Waals surface area contributed by atoms with Crippen molar-refractivity contribution in [3.8, 4) is 5.75 Å². The molecular weight excluding hydrogens is 162 g/mol. The quantitative estimate of drug-likeness (QED) is 0.732. The fraction of sp³-hybridized carbons (Fsp3) is 0.455. The number of hydrogen-bond donors (Lipinski definition) is 2. The van der Waals surface area contributed by atoms with Crippen LogP contribution in [0.3, 0.4) is 0 Å². The highest BCUT2D eigenvalue weighted by atomic mass is 16.3. The van der Waals surface area contributed by atoms with Gasteiger partial charge in [0.25, 0.3) is 0 Å². The van der Waals surface area contributed by atoms with Crippen molar-refractivity contribution in [2.45, 2.75) is 33.2 Å². The van der Waals surface area contributed by atoms with Crippen LogP contribution in [0.4, 0.5) is 0 Å². The van der Waals surface area contributed by atoms with Crippen LogP contribution in [0.2, 0.25) is 0 Å². The molecule has 0 saturated heterocycles. The Bertz CT molecular complexity index is 307. The Balaban J connectivity index is 3.18. The summed E-state index contributed by atoms with van der Waals surface area (Å²) in [6.45, 7) is 5.91. The van der Waals surface area contributed by atoms with E-state index in [1.807, 2.05) is 32.9 Å². The lowest BCUT2D eigenvalue weighted by Crippen LogP contribution is -2.09. The van der Waals surface area contributed by atoms with E-state index in [-0.39, 0.29) is 6.04 Å². The molecule has 1 aromatic carbocycles. The fourth-order valence-electron chi connectivity index (χ4n) is 1.34. The zero-order chi connectivity index (χ0) is 10.0. The van der Waals surface area contributed by atoms with Crippen LogP contribution in [-0.4, -0.2) is 5.11 Å². The van der Waals surface area contributed by atoms with Gasteiger partial charge in [-0.1, -0.05) is 19.1 Å². The van der Waals surface area contributed by atoms with Crippen molar-refractivity contribution in [3.05, 3.63) is 28.8 Å². The third-order valence-electron chi connectivity index (χ3n) is 2.57. The van der Waals surface area contributed by atoms with E-state index in [4.69, 9.17) is 5.73 Å². The lowest BCUT2D eigenvalue weighted by atomic mass is 9.98. The molecule has 0 amide bonds. The van der Waals surface area contributed by atoms with Gasteiger partial charge in [0.05, 0.1) is 0 Å². The van der Waals surface area contributed by atoms with E-state index < -0.39 is 0 Å². The van der Waals surface area contributed by atoms with E-state index in [1.54, 1.807) is 0 Å². The molecule has 1 rings (SSSR count). The van der Waals surface area contributed by atoms with Gasteiger partial charge >= 0.3 is 0 Å². The van der Waals surface area contributed by atoms with Crippen molar-refractivity contribution in [1.29, 1.82) is 0 Å². The monoisotopic (exact) mass is 179 g/mol. The summed E-state index contributed by atoms with van der Waals surface area (Å²) in [7, 11) is 0. The molecule has 0 radical (unpaired) electrons. The molecule has 0 fully saturated rings. The van der Waals surface area contributed by atoms with E-state index >= 15 is 0 Å². The highest BCUT2D eigenvalue weighted by Gasteiger charge is 2.11. The second-order valence-corrected chi connectivity index (χ2v) is 3.46. The molecule has 0 spiro atoms. The first-order valence-corrected chi connectivity index (χ1v) is 4.62. The molecule has 0 saturated carbocycles. The summed E-state index contributed by atoms with van der Waals surface area (Å²) >= 11 is 0. The van der Waals surface area contributed by atoms with E-state index in [1.165, 1.54) is 0 Å². The van der Waals surface area contributed by atoms with Crippen LogP contribution < -0.4 is 5.73 Å². The molecule has 1 atom stereocenters. The minimum absolute atomic E-state index is 0.0562. The number of hydrogen-bond acceptors (Lipinski definition) is 2. The van der Waals surface area contributed by atoms with Gasteiger partial charge in [-0.25, -0.2) is 0 Å². The molecule has 0 aliphatic heterocycles. The maximum Gasteiger partial charge on any atom is 0.123 e. The smallest absolute Gasteiger partial charge is 0.123 e. The lowest BCUT2D eigenvalue weighted by Gasteiger charge is -2.14. The van der Waals surface area contributed by atoms with Crippen LogP contribution in [-0.2, 0) is 0 Å². The van der Waals surface area contributed by atoms with E-state index in [0.717, 1.165) is 23.1 Å². The number of rotatable bonds is 2. The normalized spacial score (nSPS) is 12.9. The maximum atomic E-state index is 9.80. The van der Waals surface area contributed by atoms with Gasteiger partial charge in [-0.2, -0.15) is 0 Å². The largest absolute Gasteiger partial charge is 0.507 e. The fourth-order valence-corrected chi connectivity index (χ4v) is 1.34. The summed E-state index contributed by atoms with van der Waals surface area (Å²) < 4.78 is 0. The minimum Gasteiger partial charge on any atom is -0.507 e. The highest BCUT2D eigenvalue weighted by Crippen LogP contribution is 2.29. The Morgan fingerprint density at radius 3 is 2.54 bits per heavy atom. The predicted molar refractivity (Wildman–Crippen MR) is 54.8 cm³/mol. The Labute approximate surface area is 79.4 Å². The van der Waals surface area contributed by atoms with Gasteiger partial charge < -0.3 is 10.8 Å². The highest BCUT2D eigenvalue weighted by molar-refractivity contribution is 5.45. The second-order valence-electron chi connectivity index (χ2n) is 3.46. The molecule has 1 aromatic rings. The molecule has 1 unspecified atom stereocenters. The summed E-state index contributed by atoms with van der Waals surface area (Å²) in [6.07, 6.45) is 0.843. The van der Waals surface area contributed by atoms with Crippen LogP contribution >= 0.6 is 0 Å². The Kier molecular flexibility index (Phi) is 2.94. The summed E-state index contributed by atoms with van der Waals surface area (Å²) in [6, 6.07) is 3.85. The predicted octanol–water partition coefficient (Wildman–Crippen LogP) is 2.42. The van der Waals surface area contributed by atoms with Crippen molar-refractivity contribution in [2.75, 3.05) is 0 Å². The SMILES string of the molecule is CCC(N)c1ccc(C)c(C)c1O. The number of aromatic hydroxyl groups is 1. The molecule has 0 bridgehead atoms.